The van der Waals surface area contributed by atoms with Crippen molar-refractivity contribution >= 4 is 5.91 Å². The SMILES string of the molecule is CC[C@@H](O)c1ccccc1OCC(=O)N(CC)CC. The largest absolute Gasteiger partial charge is 0.483 e. The van der Waals surface area contributed by atoms with Crippen molar-refractivity contribution in [1.82, 2.24) is 4.90 Å². The topological polar surface area (TPSA) is 49.8 Å². The molecule has 0 radical (unpaired) electrons. The van der Waals surface area contributed by atoms with Gasteiger partial charge >= 0.3 is 0 Å². The maximum atomic E-state index is 11.9. The fraction of sp³-hybridized carbons (Fsp3) is 0.533. The van der Waals surface area contributed by atoms with Gasteiger partial charge in [0.1, 0.15) is 5.75 Å². The van der Waals surface area contributed by atoms with Crippen molar-refractivity contribution in [3.05, 3.63) is 29.8 Å². The summed E-state index contributed by atoms with van der Waals surface area (Å²) in [5, 5.41) is 9.90. The normalized spacial score (nSPS) is 12.0. The average Bonchev–Trinajstić information content (AvgIpc) is 2.45. The first-order valence-electron chi connectivity index (χ1n) is 6.81. The summed E-state index contributed by atoms with van der Waals surface area (Å²) in [5.74, 6) is 0.545. The van der Waals surface area contributed by atoms with Crippen molar-refractivity contribution in [2.24, 2.45) is 0 Å². The summed E-state index contributed by atoms with van der Waals surface area (Å²) in [6.07, 6.45) is 0.0597. The van der Waals surface area contributed by atoms with Gasteiger partial charge in [-0.05, 0) is 26.3 Å². The van der Waals surface area contributed by atoms with E-state index in [1.54, 1.807) is 11.0 Å². The molecule has 4 heteroatoms. The third kappa shape index (κ3) is 4.24. The van der Waals surface area contributed by atoms with E-state index in [1.807, 2.05) is 39.0 Å². The number of benzene rings is 1. The van der Waals surface area contributed by atoms with E-state index in [0.717, 1.165) is 5.56 Å². The molecule has 0 saturated heterocycles. The quantitative estimate of drug-likeness (QED) is 0.823. The first-order valence-corrected chi connectivity index (χ1v) is 6.81. The predicted octanol–water partition coefficient (Wildman–Crippen LogP) is 2.38. The number of likely N-dealkylation sites (N-methyl/N-ethyl adjacent to an activating group) is 1. The van der Waals surface area contributed by atoms with E-state index in [9.17, 15) is 9.90 Å². The molecule has 1 rings (SSSR count). The Morgan fingerprint density at radius 1 is 1.26 bits per heavy atom. The second kappa shape index (κ2) is 7.79. The van der Waals surface area contributed by atoms with Gasteiger partial charge in [-0.1, -0.05) is 25.1 Å². The van der Waals surface area contributed by atoms with E-state index in [4.69, 9.17) is 4.74 Å². The van der Waals surface area contributed by atoms with Gasteiger partial charge in [0.2, 0.25) is 0 Å². The van der Waals surface area contributed by atoms with E-state index in [1.165, 1.54) is 0 Å². The Morgan fingerprint density at radius 3 is 2.47 bits per heavy atom. The van der Waals surface area contributed by atoms with Crippen LogP contribution in [0.25, 0.3) is 0 Å². The lowest BCUT2D eigenvalue weighted by Gasteiger charge is -2.20. The molecular formula is C15H23NO3. The van der Waals surface area contributed by atoms with E-state index >= 15 is 0 Å². The van der Waals surface area contributed by atoms with Crippen molar-refractivity contribution in [3.63, 3.8) is 0 Å². The van der Waals surface area contributed by atoms with E-state index in [0.29, 0.717) is 25.3 Å². The third-order valence-electron chi connectivity index (χ3n) is 3.13. The van der Waals surface area contributed by atoms with Crippen molar-refractivity contribution in [2.75, 3.05) is 19.7 Å². The first kappa shape index (κ1) is 15.5. The maximum absolute atomic E-state index is 11.9. The van der Waals surface area contributed by atoms with Gasteiger partial charge in [-0.15, -0.1) is 0 Å². The Morgan fingerprint density at radius 2 is 1.89 bits per heavy atom. The molecule has 0 unspecified atom stereocenters. The molecular weight excluding hydrogens is 242 g/mol. The average molecular weight is 265 g/mol. The van der Waals surface area contributed by atoms with Crippen LogP contribution in [-0.4, -0.2) is 35.6 Å². The summed E-state index contributed by atoms with van der Waals surface area (Å²) >= 11 is 0. The molecule has 0 aliphatic rings. The number of carbonyl (C=O) groups is 1. The molecule has 0 bridgehead atoms. The monoisotopic (exact) mass is 265 g/mol. The highest BCUT2D eigenvalue weighted by Gasteiger charge is 2.14. The van der Waals surface area contributed by atoms with Gasteiger partial charge in [0.25, 0.3) is 5.91 Å². The molecule has 1 amide bonds. The Kier molecular flexibility index (Phi) is 6.36. The van der Waals surface area contributed by atoms with Crippen molar-refractivity contribution in [1.29, 1.82) is 0 Å². The molecule has 1 atom stereocenters. The van der Waals surface area contributed by atoms with Crippen molar-refractivity contribution in [2.45, 2.75) is 33.3 Å². The van der Waals surface area contributed by atoms with Crippen molar-refractivity contribution in [3.8, 4) is 5.75 Å². The Bertz CT molecular complexity index is 402. The number of aliphatic hydroxyl groups excluding tert-OH is 1. The van der Waals surface area contributed by atoms with Crippen LogP contribution in [0, 0.1) is 0 Å². The summed E-state index contributed by atoms with van der Waals surface area (Å²) in [7, 11) is 0. The second-order valence-corrected chi connectivity index (χ2v) is 4.32. The molecule has 0 fully saturated rings. The van der Waals surface area contributed by atoms with Crippen LogP contribution in [0.5, 0.6) is 5.75 Å². The molecule has 1 N–H and O–H groups in total. The molecule has 0 aromatic heterocycles. The highest BCUT2D eigenvalue weighted by molar-refractivity contribution is 5.77. The minimum absolute atomic E-state index is 0.00906. The second-order valence-electron chi connectivity index (χ2n) is 4.32. The summed E-state index contributed by atoms with van der Waals surface area (Å²) in [6.45, 7) is 7.15. The molecule has 19 heavy (non-hydrogen) atoms. The smallest absolute Gasteiger partial charge is 0.260 e. The van der Waals surface area contributed by atoms with E-state index in [-0.39, 0.29) is 12.5 Å². The van der Waals surface area contributed by atoms with Crippen LogP contribution in [0.15, 0.2) is 24.3 Å². The highest BCUT2D eigenvalue weighted by atomic mass is 16.5. The number of hydrogen-bond donors (Lipinski definition) is 1. The number of ether oxygens (including phenoxy) is 1. The zero-order valence-corrected chi connectivity index (χ0v) is 11.9. The van der Waals surface area contributed by atoms with Crippen LogP contribution in [0.4, 0.5) is 0 Å². The number of aliphatic hydroxyl groups is 1. The number of para-hydroxylation sites is 1. The van der Waals surface area contributed by atoms with Crippen LogP contribution < -0.4 is 4.74 Å². The van der Waals surface area contributed by atoms with Crippen LogP contribution in [-0.2, 0) is 4.79 Å². The lowest BCUT2D eigenvalue weighted by atomic mass is 10.1. The van der Waals surface area contributed by atoms with Crippen molar-refractivity contribution < 1.29 is 14.6 Å². The molecule has 0 aliphatic carbocycles. The molecule has 1 aromatic rings. The molecule has 106 valence electrons. The zero-order chi connectivity index (χ0) is 14.3. The van der Waals surface area contributed by atoms with Gasteiger partial charge in [-0.3, -0.25) is 4.79 Å². The number of rotatable bonds is 7. The zero-order valence-electron chi connectivity index (χ0n) is 11.9. The number of nitrogens with zero attached hydrogens (tertiary/aromatic N) is 1. The fourth-order valence-corrected chi connectivity index (χ4v) is 1.91. The Balaban J connectivity index is 2.70. The van der Waals surface area contributed by atoms with E-state index in [2.05, 4.69) is 0 Å². The van der Waals surface area contributed by atoms with E-state index < -0.39 is 6.10 Å². The minimum Gasteiger partial charge on any atom is -0.483 e. The third-order valence-corrected chi connectivity index (χ3v) is 3.13. The molecule has 0 heterocycles. The summed E-state index contributed by atoms with van der Waals surface area (Å²) < 4.78 is 5.56. The van der Waals surface area contributed by atoms with Gasteiger partial charge in [0, 0.05) is 18.7 Å². The minimum atomic E-state index is -0.556. The molecule has 0 aliphatic heterocycles. The predicted molar refractivity (Wildman–Crippen MR) is 75.1 cm³/mol. The Labute approximate surface area is 115 Å². The van der Waals surface area contributed by atoms with Crippen LogP contribution in [0.3, 0.4) is 0 Å². The standard InChI is InChI=1S/C15H23NO3/c1-4-13(17)12-9-7-8-10-14(12)19-11-15(18)16(5-2)6-3/h7-10,13,17H,4-6,11H2,1-3H3/t13-/m1/s1. The van der Waals surface area contributed by atoms with Gasteiger partial charge in [0.05, 0.1) is 6.10 Å². The van der Waals surface area contributed by atoms with Gasteiger partial charge in [0.15, 0.2) is 6.61 Å². The van der Waals surface area contributed by atoms with Gasteiger partial charge in [-0.25, -0.2) is 0 Å². The molecule has 0 saturated carbocycles. The van der Waals surface area contributed by atoms with Crippen LogP contribution >= 0.6 is 0 Å². The number of hydrogen-bond acceptors (Lipinski definition) is 3. The summed E-state index contributed by atoms with van der Waals surface area (Å²) in [4.78, 5) is 13.6. The lowest BCUT2D eigenvalue weighted by molar-refractivity contribution is -0.133. The molecule has 0 spiro atoms. The molecule has 4 nitrogen and oxygen atoms in total. The van der Waals surface area contributed by atoms with Crippen LogP contribution in [0.2, 0.25) is 0 Å². The Hall–Kier alpha value is -1.55. The highest BCUT2D eigenvalue weighted by Crippen LogP contribution is 2.26. The maximum Gasteiger partial charge on any atom is 0.260 e. The lowest BCUT2D eigenvalue weighted by Crippen LogP contribution is -2.34. The summed E-state index contributed by atoms with van der Waals surface area (Å²) in [5.41, 5.74) is 0.734. The van der Waals surface area contributed by atoms with Gasteiger partial charge in [-0.2, -0.15) is 0 Å². The number of carbonyl (C=O) groups excluding carboxylic acids is 1. The molecule has 1 aromatic carbocycles. The number of amides is 1. The first-order chi connectivity index (χ1) is 9.13. The fourth-order valence-electron chi connectivity index (χ4n) is 1.91. The van der Waals surface area contributed by atoms with Crippen LogP contribution in [0.1, 0.15) is 38.9 Å². The van der Waals surface area contributed by atoms with Gasteiger partial charge < -0.3 is 14.7 Å². The summed E-state index contributed by atoms with van der Waals surface area (Å²) in [6, 6.07) is 7.30.